The summed E-state index contributed by atoms with van der Waals surface area (Å²) in [5, 5.41) is 0. The van der Waals surface area contributed by atoms with Gasteiger partial charge in [0.05, 0.1) is 12.8 Å². The zero-order chi connectivity index (χ0) is 10.1. The molecule has 0 radical (unpaired) electrons. The van der Waals surface area contributed by atoms with Crippen LogP contribution in [0, 0.1) is 5.82 Å². The number of rotatable bonds is 1. The molecular formula is C10H14FNO. The third-order valence-corrected chi connectivity index (χ3v) is 1.74. The van der Waals surface area contributed by atoms with Crippen molar-refractivity contribution in [3.8, 4) is 5.88 Å². The van der Waals surface area contributed by atoms with Gasteiger partial charge in [-0.1, -0.05) is 20.8 Å². The Labute approximate surface area is 77.8 Å². The number of hydrogen-bond acceptors (Lipinski definition) is 2. The lowest BCUT2D eigenvalue weighted by atomic mass is 9.91. The van der Waals surface area contributed by atoms with Crippen molar-refractivity contribution >= 4 is 0 Å². The molecule has 1 heterocycles. The molecule has 2 nitrogen and oxygen atoms in total. The average Bonchev–Trinajstić information content (AvgIpc) is 2.03. The molecule has 0 spiro atoms. The van der Waals surface area contributed by atoms with Crippen LogP contribution >= 0.6 is 0 Å². The molecule has 0 aliphatic heterocycles. The highest BCUT2D eigenvalue weighted by molar-refractivity contribution is 5.22. The molecule has 0 aliphatic rings. The Morgan fingerprint density at radius 3 is 2.38 bits per heavy atom. The average molecular weight is 183 g/mol. The van der Waals surface area contributed by atoms with E-state index in [0.29, 0.717) is 11.6 Å². The highest BCUT2D eigenvalue weighted by atomic mass is 19.1. The summed E-state index contributed by atoms with van der Waals surface area (Å²) in [6.45, 7) is 5.74. The van der Waals surface area contributed by atoms with Crippen LogP contribution in [0.3, 0.4) is 0 Å². The lowest BCUT2D eigenvalue weighted by Crippen LogP contribution is -2.16. The van der Waals surface area contributed by atoms with Crippen molar-refractivity contribution in [3.05, 3.63) is 23.6 Å². The van der Waals surface area contributed by atoms with E-state index in [0.717, 1.165) is 0 Å². The van der Waals surface area contributed by atoms with Gasteiger partial charge in [0, 0.05) is 11.5 Å². The lowest BCUT2D eigenvalue weighted by molar-refractivity contribution is 0.386. The molecular weight excluding hydrogens is 169 g/mol. The first-order valence-corrected chi connectivity index (χ1v) is 4.16. The fourth-order valence-electron chi connectivity index (χ4n) is 1.06. The van der Waals surface area contributed by atoms with Gasteiger partial charge in [-0.15, -0.1) is 0 Å². The maximum atomic E-state index is 13.3. The van der Waals surface area contributed by atoms with Crippen LogP contribution in [0.4, 0.5) is 4.39 Å². The van der Waals surface area contributed by atoms with Gasteiger partial charge in [0.2, 0.25) is 5.88 Å². The topological polar surface area (TPSA) is 22.1 Å². The van der Waals surface area contributed by atoms with Crippen LogP contribution in [-0.4, -0.2) is 12.1 Å². The number of ether oxygens (including phenoxy) is 1. The molecule has 72 valence electrons. The Hall–Kier alpha value is -1.12. The second kappa shape index (κ2) is 3.32. The van der Waals surface area contributed by atoms with Gasteiger partial charge in [-0.3, -0.25) is 0 Å². The van der Waals surface area contributed by atoms with Gasteiger partial charge in [-0.25, -0.2) is 9.37 Å². The van der Waals surface area contributed by atoms with Gasteiger partial charge in [0.15, 0.2) is 0 Å². The van der Waals surface area contributed by atoms with E-state index in [1.165, 1.54) is 19.2 Å². The first-order valence-electron chi connectivity index (χ1n) is 4.16. The number of nitrogens with zero attached hydrogens (tertiary/aromatic N) is 1. The molecule has 3 heteroatoms. The molecule has 0 bridgehead atoms. The minimum Gasteiger partial charge on any atom is -0.481 e. The quantitative estimate of drug-likeness (QED) is 0.667. The third kappa shape index (κ3) is 2.17. The Bertz CT molecular complexity index is 304. The normalized spacial score (nSPS) is 11.5. The molecule has 1 rings (SSSR count). The molecule has 0 aromatic carbocycles. The van der Waals surface area contributed by atoms with Crippen LogP contribution in [0.2, 0.25) is 0 Å². The summed E-state index contributed by atoms with van der Waals surface area (Å²) < 4.78 is 18.2. The zero-order valence-corrected chi connectivity index (χ0v) is 8.39. The summed E-state index contributed by atoms with van der Waals surface area (Å²) in [6, 6.07) is 2.90. The molecule has 0 amide bonds. The maximum Gasteiger partial charge on any atom is 0.213 e. The van der Waals surface area contributed by atoms with Gasteiger partial charge in [-0.05, 0) is 6.07 Å². The van der Waals surface area contributed by atoms with Gasteiger partial charge in [-0.2, -0.15) is 0 Å². The molecule has 13 heavy (non-hydrogen) atoms. The zero-order valence-electron chi connectivity index (χ0n) is 8.39. The molecule has 0 saturated carbocycles. The molecule has 0 saturated heterocycles. The molecule has 0 N–H and O–H groups in total. The van der Waals surface area contributed by atoms with E-state index < -0.39 is 0 Å². The minimum absolute atomic E-state index is 0.284. The first-order chi connectivity index (χ1) is 5.95. The fourth-order valence-corrected chi connectivity index (χ4v) is 1.06. The predicted octanol–water partition coefficient (Wildman–Crippen LogP) is 2.53. The first kappa shape index (κ1) is 9.96. The molecule has 1 aromatic heterocycles. The molecule has 0 fully saturated rings. The van der Waals surface area contributed by atoms with Gasteiger partial charge in [0.1, 0.15) is 5.82 Å². The van der Waals surface area contributed by atoms with Crippen molar-refractivity contribution in [1.82, 2.24) is 4.98 Å². The number of hydrogen-bond donors (Lipinski definition) is 0. The Balaban J connectivity index is 3.19. The molecule has 0 aliphatic carbocycles. The Kier molecular flexibility index (Phi) is 2.55. The van der Waals surface area contributed by atoms with Crippen molar-refractivity contribution in [2.75, 3.05) is 7.11 Å². The number of methoxy groups -OCH3 is 1. The number of pyridine rings is 1. The summed E-state index contributed by atoms with van der Waals surface area (Å²) in [7, 11) is 1.52. The van der Waals surface area contributed by atoms with E-state index in [-0.39, 0.29) is 11.2 Å². The van der Waals surface area contributed by atoms with E-state index >= 15 is 0 Å². The smallest absolute Gasteiger partial charge is 0.213 e. The Morgan fingerprint density at radius 1 is 1.31 bits per heavy atom. The number of halogens is 1. The number of aromatic nitrogens is 1. The molecule has 0 unspecified atom stereocenters. The van der Waals surface area contributed by atoms with Crippen molar-refractivity contribution in [2.24, 2.45) is 0 Å². The summed E-state index contributed by atoms with van der Waals surface area (Å²) in [6.07, 6.45) is 0. The van der Waals surface area contributed by atoms with Crippen LogP contribution in [0.5, 0.6) is 5.88 Å². The third-order valence-electron chi connectivity index (χ3n) is 1.74. The van der Waals surface area contributed by atoms with Crippen molar-refractivity contribution in [2.45, 2.75) is 26.2 Å². The second-order valence-corrected chi connectivity index (χ2v) is 3.93. The summed E-state index contributed by atoms with van der Waals surface area (Å²) in [4.78, 5) is 4.06. The van der Waals surface area contributed by atoms with Crippen molar-refractivity contribution in [3.63, 3.8) is 0 Å². The summed E-state index contributed by atoms with van der Waals surface area (Å²) in [5.74, 6) is 0.166. The van der Waals surface area contributed by atoms with E-state index in [9.17, 15) is 4.39 Å². The van der Waals surface area contributed by atoms with Crippen LogP contribution < -0.4 is 4.74 Å². The van der Waals surface area contributed by atoms with Crippen LogP contribution in [-0.2, 0) is 5.41 Å². The standard InChI is InChI=1S/C10H14FNO/c1-10(2,3)9-7(11)5-6-8(12-9)13-4/h5-6H,1-4H3. The van der Waals surface area contributed by atoms with E-state index in [1.807, 2.05) is 20.8 Å². The summed E-state index contributed by atoms with van der Waals surface area (Å²) in [5.41, 5.74) is 0.144. The van der Waals surface area contributed by atoms with Crippen molar-refractivity contribution < 1.29 is 9.13 Å². The summed E-state index contributed by atoms with van der Waals surface area (Å²) >= 11 is 0. The van der Waals surface area contributed by atoms with Crippen LogP contribution in [0.1, 0.15) is 26.5 Å². The van der Waals surface area contributed by atoms with E-state index in [4.69, 9.17) is 4.74 Å². The van der Waals surface area contributed by atoms with Crippen molar-refractivity contribution in [1.29, 1.82) is 0 Å². The van der Waals surface area contributed by atoms with Crippen LogP contribution in [0.25, 0.3) is 0 Å². The monoisotopic (exact) mass is 183 g/mol. The highest BCUT2D eigenvalue weighted by Crippen LogP contribution is 2.24. The van der Waals surface area contributed by atoms with E-state index in [1.54, 1.807) is 0 Å². The molecule has 0 atom stereocenters. The SMILES string of the molecule is COc1ccc(F)c(C(C)(C)C)n1. The van der Waals surface area contributed by atoms with Gasteiger partial charge in [0.25, 0.3) is 0 Å². The van der Waals surface area contributed by atoms with Gasteiger partial charge < -0.3 is 4.74 Å². The fraction of sp³-hybridized carbons (Fsp3) is 0.500. The second-order valence-electron chi connectivity index (χ2n) is 3.93. The van der Waals surface area contributed by atoms with E-state index in [2.05, 4.69) is 4.98 Å². The maximum absolute atomic E-state index is 13.3. The molecule has 1 aromatic rings. The highest BCUT2D eigenvalue weighted by Gasteiger charge is 2.20. The minimum atomic E-state index is -0.293. The Morgan fingerprint density at radius 2 is 1.92 bits per heavy atom. The largest absolute Gasteiger partial charge is 0.481 e. The van der Waals surface area contributed by atoms with Crippen LogP contribution in [0.15, 0.2) is 12.1 Å². The predicted molar refractivity (Wildman–Crippen MR) is 49.4 cm³/mol. The lowest BCUT2D eigenvalue weighted by Gasteiger charge is -2.18. The van der Waals surface area contributed by atoms with Gasteiger partial charge >= 0.3 is 0 Å².